The minimum absolute atomic E-state index is 0.0272. The summed E-state index contributed by atoms with van der Waals surface area (Å²) in [4.78, 5) is 30.7. The van der Waals surface area contributed by atoms with Crippen LogP contribution in [0.3, 0.4) is 0 Å². The van der Waals surface area contributed by atoms with Crippen LogP contribution in [0, 0.1) is 0 Å². The van der Waals surface area contributed by atoms with Gasteiger partial charge >= 0.3 is 0 Å². The molecule has 1 heterocycles. The molecule has 0 saturated heterocycles. The lowest BCUT2D eigenvalue weighted by molar-refractivity contribution is -0.134. The molecule has 2 amide bonds. The van der Waals surface area contributed by atoms with Gasteiger partial charge in [-0.15, -0.1) is 22.9 Å². The third kappa shape index (κ3) is 6.42. The van der Waals surface area contributed by atoms with E-state index in [1.54, 1.807) is 16.5 Å². The summed E-state index contributed by atoms with van der Waals surface area (Å²) in [6.45, 7) is 2.62. The molecular formula is C19H24ClN3O2S. The molecule has 26 heavy (non-hydrogen) atoms. The van der Waals surface area contributed by atoms with Gasteiger partial charge in [-0.25, -0.2) is 4.98 Å². The van der Waals surface area contributed by atoms with Crippen LogP contribution in [0.5, 0.6) is 0 Å². The number of hydrogen-bond acceptors (Lipinski definition) is 4. The number of alkyl halides is 1. The first-order valence-corrected chi connectivity index (χ1v) is 10.1. The number of anilines is 1. The summed E-state index contributed by atoms with van der Waals surface area (Å²) >= 11 is 7.73. The SMILES string of the molecule is CCCCCCN(CC(=O)Nc1nccs1)C(=O)C(Cl)c1ccccc1. The van der Waals surface area contributed by atoms with Crippen LogP contribution in [0.15, 0.2) is 41.9 Å². The van der Waals surface area contributed by atoms with Crippen LogP contribution in [0.4, 0.5) is 5.13 Å². The number of rotatable bonds is 10. The maximum atomic E-state index is 12.8. The Hall–Kier alpha value is -1.92. The van der Waals surface area contributed by atoms with Crippen LogP contribution < -0.4 is 5.32 Å². The molecule has 0 radical (unpaired) electrons. The summed E-state index contributed by atoms with van der Waals surface area (Å²) in [5.41, 5.74) is 0.734. The van der Waals surface area contributed by atoms with Gasteiger partial charge in [-0.3, -0.25) is 9.59 Å². The highest BCUT2D eigenvalue weighted by Gasteiger charge is 2.25. The Morgan fingerprint density at radius 3 is 2.65 bits per heavy atom. The molecule has 0 aliphatic carbocycles. The standard InChI is InChI=1S/C19H24ClN3O2S/c1-2-3-4-8-12-23(14-16(24)22-19-21-11-13-26-19)18(25)17(20)15-9-6-5-7-10-15/h5-7,9-11,13,17H,2-4,8,12,14H2,1H3,(H,21,22,24). The van der Waals surface area contributed by atoms with Crippen molar-refractivity contribution in [2.24, 2.45) is 0 Å². The van der Waals surface area contributed by atoms with Gasteiger partial charge in [-0.2, -0.15) is 0 Å². The van der Waals surface area contributed by atoms with E-state index in [4.69, 9.17) is 11.6 Å². The molecule has 0 spiro atoms. The van der Waals surface area contributed by atoms with Gasteiger partial charge in [0, 0.05) is 18.1 Å². The fourth-order valence-electron chi connectivity index (χ4n) is 2.54. The number of carbonyl (C=O) groups excluding carboxylic acids is 2. The van der Waals surface area contributed by atoms with Crippen molar-refractivity contribution in [3.63, 3.8) is 0 Å². The number of nitrogens with one attached hydrogen (secondary N) is 1. The number of aromatic nitrogens is 1. The van der Waals surface area contributed by atoms with E-state index < -0.39 is 5.38 Å². The molecule has 1 unspecified atom stereocenters. The molecule has 1 aromatic carbocycles. The highest BCUT2D eigenvalue weighted by molar-refractivity contribution is 7.13. The van der Waals surface area contributed by atoms with Gasteiger partial charge in [0.2, 0.25) is 11.8 Å². The van der Waals surface area contributed by atoms with Crippen LogP contribution in [0.25, 0.3) is 0 Å². The molecule has 2 rings (SSSR count). The quantitative estimate of drug-likeness (QED) is 0.478. The molecule has 7 heteroatoms. The first-order chi connectivity index (χ1) is 12.6. The van der Waals surface area contributed by atoms with Crippen LogP contribution in [0.2, 0.25) is 0 Å². The molecule has 0 fully saturated rings. The van der Waals surface area contributed by atoms with E-state index in [2.05, 4.69) is 17.2 Å². The second-order valence-corrected chi connectivity index (χ2v) is 7.31. The van der Waals surface area contributed by atoms with Crippen LogP contribution in [0.1, 0.15) is 43.5 Å². The highest BCUT2D eigenvalue weighted by atomic mass is 35.5. The predicted octanol–water partition coefficient (Wildman–Crippen LogP) is 4.47. The Bertz CT molecular complexity index is 679. The number of carbonyl (C=O) groups is 2. The number of benzene rings is 1. The molecule has 0 aliphatic rings. The Morgan fingerprint density at radius 1 is 1.23 bits per heavy atom. The van der Waals surface area contributed by atoms with Gasteiger partial charge in [0.15, 0.2) is 5.13 Å². The minimum Gasteiger partial charge on any atom is -0.332 e. The monoisotopic (exact) mass is 393 g/mol. The van der Waals surface area contributed by atoms with Crippen molar-refractivity contribution in [2.75, 3.05) is 18.4 Å². The van der Waals surface area contributed by atoms with Crippen molar-refractivity contribution in [3.8, 4) is 0 Å². The zero-order valence-corrected chi connectivity index (χ0v) is 16.4. The molecule has 1 aromatic heterocycles. The Morgan fingerprint density at radius 2 is 2.00 bits per heavy atom. The number of thiazole rings is 1. The molecule has 1 atom stereocenters. The predicted molar refractivity (Wildman–Crippen MR) is 107 cm³/mol. The Kier molecular flexibility index (Phi) is 8.58. The number of halogens is 1. The second-order valence-electron chi connectivity index (χ2n) is 5.98. The largest absolute Gasteiger partial charge is 0.332 e. The lowest BCUT2D eigenvalue weighted by Crippen LogP contribution is -2.40. The molecule has 0 bridgehead atoms. The Balaban J connectivity index is 2.01. The van der Waals surface area contributed by atoms with E-state index in [1.165, 1.54) is 11.3 Å². The van der Waals surface area contributed by atoms with Gasteiger partial charge in [0.25, 0.3) is 0 Å². The van der Waals surface area contributed by atoms with E-state index in [0.29, 0.717) is 11.7 Å². The van der Waals surface area contributed by atoms with Gasteiger partial charge in [0.1, 0.15) is 5.38 Å². The minimum atomic E-state index is -0.796. The van der Waals surface area contributed by atoms with Crippen LogP contribution >= 0.6 is 22.9 Å². The lowest BCUT2D eigenvalue weighted by Gasteiger charge is -2.24. The topological polar surface area (TPSA) is 62.3 Å². The number of nitrogens with zero attached hydrogens (tertiary/aromatic N) is 2. The third-order valence-electron chi connectivity index (χ3n) is 3.92. The molecule has 0 saturated carbocycles. The fraction of sp³-hybridized carbons (Fsp3) is 0.421. The van der Waals surface area contributed by atoms with Gasteiger partial charge in [-0.05, 0) is 12.0 Å². The Labute approximate surface area is 163 Å². The van der Waals surface area contributed by atoms with E-state index in [-0.39, 0.29) is 18.4 Å². The van der Waals surface area contributed by atoms with E-state index in [9.17, 15) is 9.59 Å². The normalized spacial score (nSPS) is 11.8. The summed E-state index contributed by atoms with van der Waals surface area (Å²) in [5.74, 6) is -0.510. The zero-order valence-electron chi connectivity index (χ0n) is 14.9. The van der Waals surface area contributed by atoms with Crippen molar-refractivity contribution in [3.05, 3.63) is 47.5 Å². The van der Waals surface area contributed by atoms with Crippen molar-refractivity contribution >= 4 is 39.9 Å². The van der Waals surface area contributed by atoms with Gasteiger partial charge < -0.3 is 10.2 Å². The second kappa shape index (κ2) is 10.9. The molecule has 2 aromatic rings. The summed E-state index contributed by atoms with van der Waals surface area (Å²) in [6, 6.07) is 9.21. The maximum absolute atomic E-state index is 12.8. The molecule has 5 nitrogen and oxygen atoms in total. The van der Waals surface area contributed by atoms with Crippen LogP contribution in [-0.2, 0) is 9.59 Å². The lowest BCUT2D eigenvalue weighted by atomic mass is 10.1. The fourth-order valence-corrected chi connectivity index (χ4v) is 3.37. The van der Waals surface area contributed by atoms with Crippen molar-refractivity contribution in [1.82, 2.24) is 9.88 Å². The first-order valence-electron chi connectivity index (χ1n) is 8.79. The molecule has 140 valence electrons. The summed E-state index contributed by atoms with van der Waals surface area (Å²) in [7, 11) is 0. The van der Waals surface area contributed by atoms with E-state index in [1.807, 2.05) is 30.3 Å². The smallest absolute Gasteiger partial charge is 0.245 e. The summed E-state index contributed by atoms with van der Waals surface area (Å²) in [6.07, 6.45) is 5.71. The summed E-state index contributed by atoms with van der Waals surface area (Å²) in [5, 5.41) is 4.23. The number of hydrogen-bond donors (Lipinski definition) is 1. The van der Waals surface area contributed by atoms with Crippen molar-refractivity contribution < 1.29 is 9.59 Å². The van der Waals surface area contributed by atoms with Gasteiger partial charge in [-0.1, -0.05) is 56.5 Å². The third-order valence-corrected chi connectivity index (χ3v) is 5.04. The maximum Gasteiger partial charge on any atom is 0.245 e. The molecular weight excluding hydrogens is 370 g/mol. The zero-order chi connectivity index (χ0) is 18.8. The number of amides is 2. The highest BCUT2D eigenvalue weighted by Crippen LogP contribution is 2.23. The molecule has 1 N–H and O–H groups in total. The van der Waals surface area contributed by atoms with Crippen LogP contribution in [-0.4, -0.2) is 34.8 Å². The van der Waals surface area contributed by atoms with Crippen molar-refractivity contribution in [1.29, 1.82) is 0 Å². The van der Waals surface area contributed by atoms with E-state index in [0.717, 1.165) is 31.2 Å². The molecule has 0 aliphatic heterocycles. The summed E-state index contributed by atoms with van der Waals surface area (Å²) < 4.78 is 0. The van der Waals surface area contributed by atoms with Gasteiger partial charge in [0.05, 0.1) is 6.54 Å². The van der Waals surface area contributed by atoms with Crippen molar-refractivity contribution in [2.45, 2.75) is 38.0 Å². The average Bonchev–Trinajstić information content (AvgIpc) is 3.16. The number of unbranched alkanes of at least 4 members (excludes halogenated alkanes) is 3. The van der Waals surface area contributed by atoms with E-state index >= 15 is 0 Å². The first kappa shape index (κ1) is 20.4. The average molecular weight is 394 g/mol.